The van der Waals surface area contributed by atoms with Gasteiger partial charge in [0.05, 0.1) is 12.1 Å². The highest BCUT2D eigenvalue weighted by molar-refractivity contribution is 7.14. The zero-order valence-corrected chi connectivity index (χ0v) is 19.0. The van der Waals surface area contributed by atoms with Gasteiger partial charge in [-0.25, -0.2) is 4.98 Å². The minimum Gasteiger partial charge on any atom is -0.453 e. The standard InChI is InChI=1S/C24H22N4O4S/c1-15-8-10-18(11-9-15)22-26-20(32-28-22)12-13-21(29)31-16(2)23(30)27-24-25-19(14-33-24)17-6-4-3-5-7-17/h3-11,14,16H,12-13H2,1-2H3,(H,25,27,30). The molecule has 0 saturated carbocycles. The SMILES string of the molecule is Cc1ccc(-c2noc(CCC(=O)OC(C)C(=O)Nc3nc(-c4ccccc4)cs3)n2)cc1. The molecule has 4 aromatic rings. The molecule has 0 fully saturated rings. The molecule has 1 N–H and O–H groups in total. The minimum absolute atomic E-state index is 0.0164. The first-order valence-corrected chi connectivity index (χ1v) is 11.3. The van der Waals surface area contributed by atoms with Crippen LogP contribution in [0, 0.1) is 6.92 Å². The fourth-order valence-corrected chi connectivity index (χ4v) is 3.70. The molecule has 0 aliphatic heterocycles. The van der Waals surface area contributed by atoms with E-state index < -0.39 is 18.0 Å². The third-order valence-electron chi connectivity index (χ3n) is 4.80. The lowest BCUT2D eigenvalue weighted by molar-refractivity contribution is -0.153. The van der Waals surface area contributed by atoms with E-state index in [0.29, 0.717) is 16.8 Å². The summed E-state index contributed by atoms with van der Waals surface area (Å²) in [6.45, 7) is 3.51. The van der Waals surface area contributed by atoms with Crippen LogP contribution in [0.4, 0.5) is 5.13 Å². The Morgan fingerprint density at radius 3 is 2.58 bits per heavy atom. The van der Waals surface area contributed by atoms with E-state index in [1.54, 1.807) is 0 Å². The molecule has 0 radical (unpaired) electrons. The molecule has 1 atom stereocenters. The van der Waals surface area contributed by atoms with Crippen LogP contribution in [0.2, 0.25) is 0 Å². The molecule has 0 aliphatic carbocycles. The Labute approximate surface area is 194 Å². The van der Waals surface area contributed by atoms with Crippen LogP contribution >= 0.6 is 11.3 Å². The van der Waals surface area contributed by atoms with Gasteiger partial charge in [-0.3, -0.25) is 14.9 Å². The van der Waals surface area contributed by atoms with E-state index in [4.69, 9.17) is 9.26 Å². The van der Waals surface area contributed by atoms with E-state index in [9.17, 15) is 9.59 Å². The number of carbonyl (C=O) groups is 2. The van der Waals surface area contributed by atoms with Crippen LogP contribution in [-0.2, 0) is 20.7 Å². The molecule has 4 rings (SSSR count). The Hall–Kier alpha value is -3.85. The number of hydrogen-bond donors (Lipinski definition) is 1. The molecule has 0 spiro atoms. The summed E-state index contributed by atoms with van der Waals surface area (Å²) in [5.74, 6) is -0.186. The topological polar surface area (TPSA) is 107 Å². The van der Waals surface area contributed by atoms with Crippen molar-refractivity contribution < 1.29 is 18.8 Å². The van der Waals surface area contributed by atoms with E-state index in [1.807, 2.05) is 66.9 Å². The number of benzene rings is 2. The first-order chi connectivity index (χ1) is 16.0. The second-order valence-electron chi connectivity index (χ2n) is 7.40. The number of aryl methyl sites for hydroxylation is 2. The number of nitrogens with one attached hydrogen (secondary N) is 1. The van der Waals surface area contributed by atoms with Crippen molar-refractivity contribution in [1.82, 2.24) is 15.1 Å². The highest BCUT2D eigenvalue weighted by atomic mass is 32.1. The predicted octanol–water partition coefficient (Wildman–Crippen LogP) is 4.67. The maximum absolute atomic E-state index is 12.4. The number of carbonyl (C=O) groups excluding carboxylic acids is 2. The van der Waals surface area contributed by atoms with Gasteiger partial charge >= 0.3 is 5.97 Å². The van der Waals surface area contributed by atoms with Gasteiger partial charge in [-0.2, -0.15) is 4.98 Å². The number of esters is 1. The molecule has 8 nitrogen and oxygen atoms in total. The molecule has 1 unspecified atom stereocenters. The normalized spacial score (nSPS) is 11.7. The average Bonchev–Trinajstić information content (AvgIpc) is 3.49. The maximum Gasteiger partial charge on any atom is 0.307 e. The molecular weight excluding hydrogens is 440 g/mol. The van der Waals surface area contributed by atoms with Crippen molar-refractivity contribution in [3.8, 4) is 22.6 Å². The molecule has 1 amide bonds. The molecular formula is C24H22N4O4S. The average molecular weight is 463 g/mol. The number of nitrogens with zero attached hydrogens (tertiary/aromatic N) is 3. The number of rotatable bonds is 8. The second-order valence-corrected chi connectivity index (χ2v) is 8.26. The number of ether oxygens (including phenoxy) is 1. The van der Waals surface area contributed by atoms with Crippen molar-refractivity contribution in [3.05, 3.63) is 71.4 Å². The first-order valence-electron chi connectivity index (χ1n) is 10.4. The third kappa shape index (κ3) is 5.89. The van der Waals surface area contributed by atoms with Gasteiger partial charge in [0.1, 0.15) is 0 Å². The fourth-order valence-electron chi connectivity index (χ4n) is 2.97. The van der Waals surface area contributed by atoms with Crippen LogP contribution in [0.3, 0.4) is 0 Å². The molecule has 33 heavy (non-hydrogen) atoms. The van der Waals surface area contributed by atoms with Gasteiger partial charge < -0.3 is 9.26 Å². The fraction of sp³-hybridized carbons (Fsp3) is 0.208. The van der Waals surface area contributed by atoms with Gasteiger partial charge in [-0.1, -0.05) is 65.3 Å². The molecule has 2 aromatic carbocycles. The van der Waals surface area contributed by atoms with Gasteiger partial charge in [0.25, 0.3) is 5.91 Å². The van der Waals surface area contributed by atoms with E-state index in [-0.39, 0.29) is 12.8 Å². The molecule has 0 aliphatic rings. The van der Waals surface area contributed by atoms with Crippen molar-refractivity contribution in [3.63, 3.8) is 0 Å². The smallest absolute Gasteiger partial charge is 0.307 e. The van der Waals surface area contributed by atoms with Crippen LogP contribution in [0.1, 0.15) is 24.8 Å². The second kappa shape index (κ2) is 10.2. The van der Waals surface area contributed by atoms with Crippen LogP contribution < -0.4 is 5.32 Å². The molecule has 0 bridgehead atoms. The first kappa shape index (κ1) is 22.3. The minimum atomic E-state index is -0.965. The number of hydrogen-bond acceptors (Lipinski definition) is 8. The summed E-state index contributed by atoms with van der Waals surface area (Å²) in [5.41, 5.74) is 3.70. The Kier molecular flexibility index (Phi) is 6.89. The quantitative estimate of drug-likeness (QED) is 0.379. The van der Waals surface area contributed by atoms with Crippen molar-refractivity contribution in [2.45, 2.75) is 32.8 Å². The zero-order valence-electron chi connectivity index (χ0n) is 18.1. The van der Waals surface area contributed by atoms with Crippen molar-refractivity contribution in [2.75, 3.05) is 5.32 Å². The number of anilines is 1. The predicted molar refractivity (Wildman–Crippen MR) is 125 cm³/mol. The monoisotopic (exact) mass is 462 g/mol. The van der Waals surface area contributed by atoms with Crippen LogP contribution in [0.15, 0.2) is 64.5 Å². The molecule has 2 aromatic heterocycles. The van der Waals surface area contributed by atoms with Crippen molar-refractivity contribution in [1.29, 1.82) is 0 Å². The summed E-state index contributed by atoms with van der Waals surface area (Å²) in [4.78, 5) is 33.3. The Morgan fingerprint density at radius 2 is 1.82 bits per heavy atom. The summed E-state index contributed by atoms with van der Waals surface area (Å²) in [6, 6.07) is 17.4. The Bertz CT molecular complexity index is 1230. The molecule has 9 heteroatoms. The molecule has 168 valence electrons. The highest BCUT2D eigenvalue weighted by Gasteiger charge is 2.20. The maximum atomic E-state index is 12.4. The lowest BCUT2D eigenvalue weighted by Crippen LogP contribution is -2.30. The number of aromatic nitrogens is 3. The summed E-state index contributed by atoms with van der Waals surface area (Å²) in [6.07, 6.45) is -0.728. The Balaban J connectivity index is 1.25. The van der Waals surface area contributed by atoms with Gasteiger partial charge in [0.15, 0.2) is 11.2 Å². The van der Waals surface area contributed by atoms with Gasteiger partial charge in [0, 0.05) is 22.9 Å². The third-order valence-corrected chi connectivity index (χ3v) is 5.56. The van der Waals surface area contributed by atoms with Gasteiger partial charge in [0.2, 0.25) is 11.7 Å². The zero-order chi connectivity index (χ0) is 23.2. The molecule has 0 saturated heterocycles. The van der Waals surface area contributed by atoms with Crippen LogP contribution in [0.25, 0.3) is 22.6 Å². The van der Waals surface area contributed by atoms with Crippen molar-refractivity contribution >= 4 is 28.3 Å². The van der Waals surface area contributed by atoms with E-state index in [1.165, 1.54) is 18.3 Å². The van der Waals surface area contributed by atoms with Gasteiger partial charge in [-0.15, -0.1) is 11.3 Å². The number of thiazole rings is 1. The van der Waals surface area contributed by atoms with Crippen molar-refractivity contribution in [2.24, 2.45) is 0 Å². The summed E-state index contributed by atoms with van der Waals surface area (Å²) in [7, 11) is 0. The lowest BCUT2D eigenvalue weighted by atomic mass is 10.1. The van der Waals surface area contributed by atoms with Crippen LogP contribution in [0.5, 0.6) is 0 Å². The van der Waals surface area contributed by atoms with Gasteiger partial charge in [-0.05, 0) is 13.8 Å². The number of amides is 1. The van der Waals surface area contributed by atoms with E-state index >= 15 is 0 Å². The summed E-state index contributed by atoms with van der Waals surface area (Å²) < 4.78 is 10.5. The Morgan fingerprint density at radius 1 is 1.06 bits per heavy atom. The highest BCUT2D eigenvalue weighted by Crippen LogP contribution is 2.24. The van der Waals surface area contributed by atoms with E-state index in [2.05, 4.69) is 20.4 Å². The molecule has 2 heterocycles. The van der Waals surface area contributed by atoms with E-state index in [0.717, 1.165) is 22.4 Å². The van der Waals surface area contributed by atoms with Crippen LogP contribution in [-0.4, -0.2) is 33.1 Å². The largest absolute Gasteiger partial charge is 0.453 e. The summed E-state index contributed by atoms with van der Waals surface area (Å²) >= 11 is 1.31. The summed E-state index contributed by atoms with van der Waals surface area (Å²) in [5, 5.41) is 8.93. The lowest BCUT2D eigenvalue weighted by Gasteiger charge is -2.11.